The van der Waals surface area contributed by atoms with Crippen LogP contribution in [0.5, 0.6) is 5.75 Å². The molecule has 3 aliphatic heterocycles. The lowest BCUT2D eigenvalue weighted by molar-refractivity contribution is -0.138. The predicted octanol–water partition coefficient (Wildman–Crippen LogP) is 2.26. The quantitative estimate of drug-likeness (QED) is 0.0500. The van der Waals surface area contributed by atoms with Gasteiger partial charge in [-0.25, -0.2) is 14.2 Å². The fraction of sp³-hybridized carbons (Fsp3) is 0.408. The smallest absolute Gasteiger partial charge is 0.336 e. The van der Waals surface area contributed by atoms with E-state index in [-0.39, 0.29) is 65.5 Å². The van der Waals surface area contributed by atoms with Crippen molar-refractivity contribution in [2.45, 2.75) is 64.1 Å². The normalized spacial score (nSPS) is 15.0. The monoisotopic (exact) mass is 998 g/mol. The number of nitrogens with one attached hydrogen (secondary N) is 1. The number of phenols is 1. The van der Waals surface area contributed by atoms with Crippen molar-refractivity contribution in [3.63, 3.8) is 0 Å². The largest absolute Gasteiger partial charge is 0.508 e. The topological polar surface area (TPSA) is 319 Å². The maximum absolute atomic E-state index is 14.0. The number of nitrogens with zero attached hydrogens (tertiary/aromatic N) is 13. The van der Waals surface area contributed by atoms with Crippen LogP contribution in [-0.2, 0) is 29.0 Å². The van der Waals surface area contributed by atoms with E-state index in [1.54, 1.807) is 58.1 Å². The number of carbonyl (C=O) groups is 3. The molecule has 8 N–H and O–H groups in total. The standard InChI is InChI=1S/C49H58N16O8/c1-30(66)44(65-28-33(57-59-65)7-3-5-15-51)45(70)61-18-22-63(23-19-61)49-54-47(53-48(55-49)62-20-16-60(17-21-62)42(69)29-64-27-32(56-58-64)6-2-4-14-50)52-31-8-11-36(39(24-31)46(71)72)43-37-12-9-34(67)25-40(37)73-41-26-35(68)10-13-38(41)43/h8-13,24-28,30,44,66-67H,2-7,14-23,29,50-51H2,1H3,(H,71,72)(H,52,53,54,55)/t30-,44+/m1/s1. The molecule has 5 aromatic rings. The Labute approximate surface area is 418 Å². The summed E-state index contributed by atoms with van der Waals surface area (Å²) in [5, 5.41) is 52.3. The molecule has 2 saturated heterocycles. The van der Waals surface area contributed by atoms with Gasteiger partial charge in [0.15, 0.2) is 11.5 Å². The second-order valence-electron chi connectivity index (χ2n) is 18.2. The summed E-state index contributed by atoms with van der Waals surface area (Å²) in [7, 11) is 0. The molecule has 1 aliphatic carbocycles. The van der Waals surface area contributed by atoms with Gasteiger partial charge in [0.05, 0.1) is 23.1 Å². The summed E-state index contributed by atoms with van der Waals surface area (Å²) >= 11 is 0. The highest BCUT2D eigenvalue weighted by molar-refractivity contribution is 6.08. The third-order valence-corrected chi connectivity index (χ3v) is 13.1. The Morgan fingerprint density at radius 2 is 1.40 bits per heavy atom. The van der Waals surface area contributed by atoms with E-state index in [9.17, 15) is 34.5 Å². The average Bonchev–Trinajstić information content (AvgIpc) is 4.05. The van der Waals surface area contributed by atoms with E-state index in [0.717, 1.165) is 37.8 Å². The van der Waals surface area contributed by atoms with Gasteiger partial charge in [0.2, 0.25) is 29.7 Å². The second kappa shape index (κ2) is 22.1. The molecule has 2 fully saturated rings. The Morgan fingerprint density at radius 1 is 0.753 bits per heavy atom. The third-order valence-electron chi connectivity index (χ3n) is 13.1. The number of aliphatic hydroxyl groups is 1. The third kappa shape index (κ3) is 11.3. The van der Waals surface area contributed by atoms with E-state index in [1.807, 2.05) is 9.80 Å². The van der Waals surface area contributed by atoms with E-state index in [2.05, 4.69) is 25.9 Å². The van der Waals surface area contributed by atoms with Gasteiger partial charge < -0.3 is 56.1 Å². The number of aliphatic hydroxyl groups excluding tert-OH is 1. The lowest BCUT2D eigenvalue weighted by Gasteiger charge is -2.37. The number of carboxylic acids is 1. The minimum absolute atomic E-state index is 0.0449. The first kappa shape index (κ1) is 49.9. The van der Waals surface area contributed by atoms with Crippen LogP contribution in [0.3, 0.4) is 0 Å². The number of aromatic nitrogens is 9. The summed E-state index contributed by atoms with van der Waals surface area (Å²) < 4.78 is 8.98. The molecular weight excluding hydrogens is 941 g/mol. The Bertz CT molecular complexity index is 3120. The Balaban J connectivity index is 0.974. The first-order valence-electron chi connectivity index (χ1n) is 24.4. The number of unbranched alkanes of at least 4 members (excludes halogenated alkanes) is 2. The SMILES string of the molecule is C[C@@H](O)[C@@H](C(=O)N1CCN(c2nc(Nc3ccc(-c4c5ccc(=O)cc-5oc5cc(O)ccc45)c(C(=O)O)c3)nc(N3CCN(C(=O)Cn4cc(CCCCN)nn4)CC3)n2)CC1)n1cc(CCCCN)nn1. The maximum Gasteiger partial charge on any atom is 0.336 e. The number of aromatic carboxylic acids is 1. The number of benzene rings is 3. The molecule has 0 unspecified atom stereocenters. The fourth-order valence-corrected chi connectivity index (χ4v) is 9.23. The number of hydrogen-bond donors (Lipinski definition) is 6. The molecule has 4 aliphatic rings. The van der Waals surface area contributed by atoms with Crippen LogP contribution < -0.4 is 32.0 Å². The lowest BCUT2D eigenvalue weighted by atomic mass is 9.90. The van der Waals surface area contributed by atoms with Crippen LogP contribution in [0.15, 0.2) is 76.2 Å². The second-order valence-corrected chi connectivity index (χ2v) is 18.2. The highest BCUT2D eigenvalue weighted by Gasteiger charge is 2.34. The molecule has 2 atom stereocenters. The summed E-state index contributed by atoms with van der Waals surface area (Å²) in [6.45, 7) is 5.52. The van der Waals surface area contributed by atoms with Gasteiger partial charge in [-0.3, -0.25) is 14.4 Å². The number of amides is 2. The van der Waals surface area contributed by atoms with Crippen molar-refractivity contribution < 1.29 is 34.1 Å². The van der Waals surface area contributed by atoms with Gasteiger partial charge >= 0.3 is 5.97 Å². The summed E-state index contributed by atoms with van der Waals surface area (Å²) in [5.74, 6) is -0.741. The van der Waals surface area contributed by atoms with Crippen LogP contribution in [-0.4, -0.2) is 159 Å². The van der Waals surface area contributed by atoms with Gasteiger partial charge in [-0.2, -0.15) is 15.0 Å². The van der Waals surface area contributed by atoms with Gasteiger partial charge in [0.25, 0.3) is 0 Å². The zero-order chi connectivity index (χ0) is 51.2. The fourth-order valence-electron chi connectivity index (χ4n) is 9.23. The number of anilines is 4. The molecule has 0 radical (unpaired) electrons. The van der Waals surface area contributed by atoms with Crippen molar-refractivity contribution >= 4 is 52.3 Å². The van der Waals surface area contributed by atoms with E-state index in [0.29, 0.717) is 104 Å². The van der Waals surface area contributed by atoms with Crippen LogP contribution in [0.25, 0.3) is 33.4 Å². The minimum Gasteiger partial charge on any atom is -0.508 e. The number of carbonyl (C=O) groups excluding carboxylic acids is 2. The number of nitrogens with two attached hydrogens (primary N) is 2. The van der Waals surface area contributed by atoms with Gasteiger partial charge in [0, 0.05) is 99.1 Å². The molecule has 2 amide bonds. The highest BCUT2D eigenvalue weighted by atomic mass is 16.4. The number of rotatable bonds is 19. The molecule has 6 heterocycles. The van der Waals surface area contributed by atoms with Crippen molar-refractivity contribution in [3.05, 3.63) is 94.2 Å². The van der Waals surface area contributed by atoms with Crippen LogP contribution in [0.2, 0.25) is 0 Å². The number of aromatic hydroxyl groups is 1. The van der Waals surface area contributed by atoms with E-state index in [4.69, 9.17) is 30.8 Å². The Morgan fingerprint density at radius 3 is 2.05 bits per heavy atom. The molecule has 73 heavy (non-hydrogen) atoms. The molecule has 2 aromatic carbocycles. The highest BCUT2D eigenvalue weighted by Crippen LogP contribution is 2.42. The number of hydrogen-bond acceptors (Lipinski definition) is 19. The van der Waals surface area contributed by atoms with Crippen molar-refractivity contribution in [3.8, 4) is 28.2 Å². The van der Waals surface area contributed by atoms with Crippen molar-refractivity contribution in [1.82, 2.24) is 54.7 Å². The molecule has 382 valence electrons. The molecule has 0 spiro atoms. The van der Waals surface area contributed by atoms with Gasteiger partial charge in [-0.15, -0.1) is 10.2 Å². The first-order chi connectivity index (χ1) is 35.3. The first-order valence-corrected chi connectivity index (χ1v) is 24.4. The molecule has 9 rings (SSSR count). The molecule has 24 heteroatoms. The molecule has 3 aromatic heterocycles. The van der Waals surface area contributed by atoms with Crippen LogP contribution in [0, 0.1) is 0 Å². The molecular formula is C49H58N16O8. The number of fused-ring (bicyclic) bond motifs is 2. The predicted molar refractivity (Wildman–Crippen MR) is 269 cm³/mol. The number of carboxylic acid groups (broad SMARTS) is 1. The molecule has 0 bridgehead atoms. The Hall–Kier alpha value is -8.09. The summed E-state index contributed by atoms with van der Waals surface area (Å²) in [6, 6.07) is 12.6. The van der Waals surface area contributed by atoms with Crippen molar-refractivity contribution in [1.29, 1.82) is 0 Å². The van der Waals surface area contributed by atoms with Gasteiger partial charge in [0.1, 0.15) is 23.6 Å². The summed E-state index contributed by atoms with van der Waals surface area (Å²) in [5.41, 5.74) is 14.4. The van der Waals surface area contributed by atoms with Crippen LogP contribution >= 0.6 is 0 Å². The number of phenolic OH excluding ortho intramolecular Hbond substituents is 1. The summed E-state index contributed by atoms with van der Waals surface area (Å²) in [4.78, 5) is 74.9. The van der Waals surface area contributed by atoms with Crippen molar-refractivity contribution in [2.24, 2.45) is 11.5 Å². The van der Waals surface area contributed by atoms with Crippen LogP contribution in [0.4, 0.5) is 23.5 Å². The minimum atomic E-state index is -1.23. The number of aryl methyl sites for hydroxylation is 2. The van der Waals surface area contributed by atoms with Gasteiger partial charge in [-0.05, 0) is 100 Å². The van der Waals surface area contributed by atoms with Crippen LogP contribution in [0.1, 0.15) is 60.4 Å². The summed E-state index contributed by atoms with van der Waals surface area (Å²) in [6.07, 6.45) is 7.25. The lowest BCUT2D eigenvalue weighted by Crippen LogP contribution is -2.52. The average molecular weight is 999 g/mol. The van der Waals surface area contributed by atoms with Crippen molar-refractivity contribution in [2.75, 3.05) is 80.6 Å². The zero-order valence-corrected chi connectivity index (χ0v) is 40.4. The van der Waals surface area contributed by atoms with E-state index >= 15 is 0 Å². The Kier molecular flexibility index (Phi) is 15.1. The van der Waals surface area contributed by atoms with Gasteiger partial charge in [-0.1, -0.05) is 16.5 Å². The number of piperazine rings is 2. The maximum atomic E-state index is 14.0. The zero-order valence-electron chi connectivity index (χ0n) is 40.4. The molecule has 0 saturated carbocycles. The van der Waals surface area contributed by atoms with E-state index < -0.39 is 18.1 Å². The van der Waals surface area contributed by atoms with E-state index in [1.165, 1.54) is 35.0 Å². The molecule has 24 nitrogen and oxygen atoms in total.